The number of aryl methyl sites for hydroxylation is 1. The fourth-order valence-electron chi connectivity index (χ4n) is 5.56. The lowest BCUT2D eigenvalue weighted by atomic mass is 10.1. The minimum atomic E-state index is -3.77. The first kappa shape index (κ1) is 29.6. The van der Waals surface area contributed by atoms with E-state index < -0.39 is 22.1 Å². The Kier molecular flexibility index (Phi) is 11.9. The first-order chi connectivity index (χ1) is 17.9. The Bertz CT molecular complexity index is 964. The van der Waals surface area contributed by atoms with Gasteiger partial charge in [0.05, 0.1) is 4.90 Å². The van der Waals surface area contributed by atoms with Gasteiger partial charge in [0.2, 0.25) is 21.8 Å². The maximum Gasteiger partial charge on any atom is 0.243 e. The lowest BCUT2D eigenvalue weighted by Crippen LogP contribution is -2.52. The van der Waals surface area contributed by atoms with E-state index in [0.717, 1.165) is 24.8 Å². The van der Waals surface area contributed by atoms with E-state index in [1.807, 2.05) is 6.92 Å². The molecule has 3 rings (SSSR count). The molecular formula is C29H47N3O4S. The van der Waals surface area contributed by atoms with Gasteiger partial charge in [-0.25, -0.2) is 8.42 Å². The highest BCUT2D eigenvalue weighted by atomic mass is 32.2. The third-order valence-corrected chi connectivity index (χ3v) is 9.71. The molecular weight excluding hydrogens is 486 g/mol. The largest absolute Gasteiger partial charge is 0.354 e. The summed E-state index contributed by atoms with van der Waals surface area (Å²) in [5.74, 6) is -0.336. The second kappa shape index (κ2) is 14.9. The average Bonchev–Trinajstić information content (AvgIpc) is 3.58. The SMILES string of the molecule is CCCCCCCCCCCCNC(=O)C1CCCN1C(=O)C1CCCN1S(=O)(=O)c1ccc(C)cc1. The van der Waals surface area contributed by atoms with E-state index in [4.69, 9.17) is 0 Å². The van der Waals surface area contributed by atoms with E-state index in [-0.39, 0.29) is 16.7 Å². The van der Waals surface area contributed by atoms with Gasteiger partial charge in [-0.3, -0.25) is 9.59 Å². The van der Waals surface area contributed by atoms with Gasteiger partial charge in [-0.15, -0.1) is 0 Å². The van der Waals surface area contributed by atoms with Crippen LogP contribution in [0.25, 0.3) is 0 Å². The fourth-order valence-corrected chi connectivity index (χ4v) is 7.21. The molecule has 0 bridgehead atoms. The fraction of sp³-hybridized carbons (Fsp3) is 0.724. The van der Waals surface area contributed by atoms with Crippen LogP contribution in [-0.4, -0.2) is 61.2 Å². The molecule has 0 radical (unpaired) electrons. The van der Waals surface area contributed by atoms with Crippen molar-refractivity contribution in [1.82, 2.24) is 14.5 Å². The highest BCUT2D eigenvalue weighted by Gasteiger charge is 2.44. The Morgan fingerprint density at radius 1 is 0.838 bits per heavy atom. The minimum Gasteiger partial charge on any atom is -0.354 e. The molecule has 2 atom stereocenters. The number of benzene rings is 1. The van der Waals surface area contributed by atoms with Crippen molar-refractivity contribution < 1.29 is 18.0 Å². The van der Waals surface area contributed by atoms with Gasteiger partial charge >= 0.3 is 0 Å². The Labute approximate surface area is 224 Å². The van der Waals surface area contributed by atoms with Crippen molar-refractivity contribution in [1.29, 1.82) is 0 Å². The van der Waals surface area contributed by atoms with Crippen LogP contribution in [0.1, 0.15) is 102 Å². The quantitative estimate of drug-likeness (QED) is 0.315. The van der Waals surface area contributed by atoms with Gasteiger partial charge < -0.3 is 10.2 Å². The summed E-state index contributed by atoms with van der Waals surface area (Å²) in [6, 6.07) is 5.51. The standard InChI is InChI=1S/C29H47N3O4S/c1-3-4-5-6-7-8-9-10-11-12-21-30-28(33)26-15-13-22-31(26)29(34)27-16-14-23-32(27)37(35,36)25-19-17-24(2)18-20-25/h17-20,26-27H,3-16,21-23H2,1-2H3,(H,30,33). The molecule has 1 aromatic carbocycles. The number of sulfonamides is 1. The number of nitrogens with one attached hydrogen (secondary N) is 1. The second-order valence-corrected chi connectivity index (χ2v) is 12.6. The van der Waals surface area contributed by atoms with Gasteiger partial charge in [0, 0.05) is 19.6 Å². The van der Waals surface area contributed by atoms with Crippen molar-refractivity contribution in [3.05, 3.63) is 29.8 Å². The molecule has 8 heteroatoms. The summed E-state index contributed by atoms with van der Waals surface area (Å²) in [5, 5.41) is 3.03. The molecule has 0 spiro atoms. The van der Waals surface area contributed by atoms with Gasteiger partial charge in [-0.2, -0.15) is 4.31 Å². The van der Waals surface area contributed by atoms with Crippen molar-refractivity contribution in [3.8, 4) is 0 Å². The van der Waals surface area contributed by atoms with E-state index >= 15 is 0 Å². The summed E-state index contributed by atoms with van der Waals surface area (Å²) in [6.45, 7) is 5.61. The average molecular weight is 534 g/mol. The minimum absolute atomic E-state index is 0.104. The molecule has 0 aromatic heterocycles. The van der Waals surface area contributed by atoms with Crippen LogP contribution in [0.2, 0.25) is 0 Å². The van der Waals surface area contributed by atoms with Crippen LogP contribution in [0, 0.1) is 6.92 Å². The highest BCUT2D eigenvalue weighted by Crippen LogP contribution is 2.30. The van der Waals surface area contributed by atoms with Crippen LogP contribution in [0.15, 0.2) is 29.2 Å². The molecule has 2 unspecified atom stereocenters. The number of amides is 2. The molecule has 1 aromatic rings. The highest BCUT2D eigenvalue weighted by molar-refractivity contribution is 7.89. The van der Waals surface area contributed by atoms with Crippen molar-refractivity contribution in [2.24, 2.45) is 0 Å². The zero-order valence-electron chi connectivity index (χ0n) is 22.9. The molecule has 0 saturated carbocycles. The van der Waals surface area contributed by atoms with Crippen molar-refractivity contribution in [2.45, 2.75) is 121 Å². The molecule has 2 aliphatic heterocycles. The van der Waals surface area contributed by atoms with E-state index in [2.05, 4.69) is 12.2 Å². The molecule has 2 aliphatic rings. The second-order valence-electron chi connectivity index (χ2n) is 10.7. The van der Waals surface area contributed by atoms with Crippen LogP contribution in [-0.2, 0) is 19.6 Å². The van der Waals surface area contributed by atoms with Crippen LogP contribution in [0.3, 0.4) is 0 Å². The Hall–Kier alpha value is -1.93. The third-order valence-electron chi connectivity index (χ3n) is 7.78. The predicted octanol–water partition coefficient (Wildman–Crippen LogP) is 5.18. The number of nitrogens with zero attached hydrogens (tertiary/aromatic N) is 2. The van der Waals surface area contributed by atoms with Gasteiger partial charge in [0.15, 0.2) is 0 Å². The van der Waals surface area contributed by atoms with Gasteiger partial charge in [-0.05, 0) is 51.2 Å². The van der Waals surface area contributed by atoms with Crippen molar-refractivity contribution in [2.75, 3.05) is 19.6 Å². The van der Waals surface area contributed by atoms with Crippen molar-refractivity contribution >= 4 is 21.8 Å². The van der Waals surface area contributed by atoms with E-state index in [1.54, 1.807) is 29.2 Å². The molecule has 0 aliphatic carbocycles. The topological polar surface area (TPSA) is 86.8 Å². The lowest BCUT2D eigenvalue weighted by Gasteiger charge is -2.30. The third kappa shape index (κ3) is 8.28. The zero-order valence-corrected chi connectivity index (χ0v) is 23.7. The molecule has 2 saturated heterocycles. The number of unbranched alkanes of at least 4 members (excludes halogenated alkanes) is 9. The Balaban J connectivity index is 1.44. The monoisotopic (exact) mass is 533 g/mol. The van der Waals surface area contributed by atoms with Gasteiger partial charge in [0.25, 0.3) is 0 Å². The smallest absolute Gasteiger partial charge is 0.243 e. The Morgan fingerprint density at radius 3 is 2.05 bits per heavy atom. The summed E-state index contributed by atoms with van der Waals surface area (Å²) in [7, 11) is -3.77. The van der Waals surface area contributed by atoms with E-state index in [0.29, 0.717) is 38.9 Å². The first-order valence-corrected chi connectivity index (χ1v) is 16.0. The summed E-state index contributed by atoms with van der Waals surface area (Å²) < 4.78 is 27.9. The molecule has 7 nitrogen and oxygen atoms in total. The van der Waals surface area contributed by atoms with E-state index in [9.17, 15) is 18.0 Å². The Morgan fingerprint density at radius 2 is 1.41 bits per heavy atom. The van der Waals surface area contributed by atoms with Crippen LogP contribution < -0.4 is 5.32 Å². The summed E-state index contributed by atoms with van der Waals surface area (Å²) >= 11 is 0. The molecule has 37 heavy (non-hydrogen) atoms. The van der Waals surface area contributed by atoms with Crippen molar-refractivity contribution in [3.63, 3.8) is 0 Å². The zero-order chi connectivity index (χ0) is 26.7. The number of likely N-dealkylation sites (tertiary alicyclic amines) is 1. The normalized spacial score (nSPS) is 20.4. The number of hydrogen-bond acceptors (Lipinski definition) is 4. The molecule has 208 valence electrons. The number of carbonyl (C=O) groups excluding carboxylic acids is 2. The lowest BCUT2D eigenvalue weighted by molar-refractivity contribution is -0.140. The first-order valence-electron chi connectivity index (χ1n) is 14.5. The summed E-state index contributed by atoms with van der Waals surface area (Å²) in [5.41, 5.74) is 0.983. The molecule has 1 N–H and O–H groups in total. The number of rotatable bonds is 15. The van der Waals surface area contributed by atoms with Crippen LogP contribution >= 0.6 is 0 Å². The molecule has 2 amide bonds. The van der Waals surface area contributed by atoms with Crippen LogP contribution in [0.4, 0.5) is 0 Å². The van der Waals surface area contributed by atoms with Gasteiger partial charge in [0.1, 0.15) is 12.1 Å². The summed E-state index contributed by atoms with van der Waals surface area (Å²) in [4.78, 5) is 28.3. The summed E-state index contributed by atoms with van der Waals surface area (Å²) in [6.07, 6.45) is 15.0. The number of carbonyl (C=O) groups is 2. The maximum absolute atomic E-state index is 13.5. The van der Waals surface area contributed by atoms with Crippen LogP contribution in [0.5, 0.6) is 0 Å². The van der Waals surface area contributed by atoms with E-state index in [1.165, 1.54) is 55.7 Å². The number of hydrogen-bond donors (Lipinski definition) is 1. The van der Waals surface area contributed by atoms with Gasteiger partial charge in [-0.1, -0.05) is 82.4 Å². The predicted molar refractivity (Wildman–Crippen MR) is 148 cm³/mol. The molecule has 2 fully saturated rings. The molecule has 2 heterocycles. The maximum atomic E-state index is 13.5.